The molecule has 176 valence electrons. The minimum atomic E-state index is -5.08. The fraction of sp³-hybridized carbons (Fsp3) is 0.261. The van der Waals surface area contributed by atoms with E-state index in [1.807, 2.05) is 44.4 Å². The Kier molecular flexibility index (Phi) is 8.75. The van der Waals surface area contributed by atoms with E-state index < -0.39 is 12.1 Å². The second-order valence-electron chi connectivity index (χ2n) is 7.36. The number of amides is 1. The summed E-state index contributed by atoms with van der Waals surface area (Å²) in [5.41, 5.74) is 3.05. The molecule has 1 aromatic heterocycles. The summed E-state index contributed by atoms with van der Waals surface area (Å²) in [7, 11) is 4.03. The highest BCUT2D eigenvalue weighted by atomic mass is 19.4. The molecule has 3 rings (SSSR count). The quantitative estimate of drug-likeness (QED) is 0.479. The van der Waals surface area contributed by atoms with Gasteiger partial charge in [0.25, 0.3) is 5.91 Å². The van der Waals surface area contributed by atoms with Gasteiger partial charge in [-0.1, -0.05) is 18.2 Å². The first-order valence-corrected chi connectivity index (χ1v) is 9.90. The van der Waals surface area contributed by atoms with Crippen LogP contribution in [0.25, 0.3) is 22.0 Å². The van der Waals surface area contributed by atoms with Crippen molar-refractivity contribution in [1.82, 2.24) is 15.2 Å². The number of aromatic hydroxyl groups is 1. The molecule has 0 bridgehead atoms. The summed E-state index contributed by atoms with van der Waals surface area (Å²) in [5.74, 6) is -2.67. The van der Waals surface area contributed by atoms with Crippen molar-refractivity contribution in [1.29, 1.82) is 0 Å². The van der Waals surface area contributed by atoms with Crippen LogP contribution < -0.4 is 5.32 Å². The van der Waals surface area contributed by atoms with Gasteiger partial charge in [-0.3, -0.25) is 9.78 Å². The van der Waals surface area contributed by atoms with Crippen molar-refractivity contribution in [2.45, 2.75) is 12.6 Å². The minimum absolute atomic E-state index is 0.0686. The molecule has 2 aromatic carbocycles. The number of carboxylic acids is 1. The SMILES string of the molecule is CN(C)CCCNC(=O)c1ccc(-c2cc(O)c3ncccc3c2)cc1.O=C(O)C(F)(F)F. The number of carboxylic acid groups (broad SMARTS) is 1. The highest BCUT2D eigenvalue weighted by Crippen LogP contribution is 2.30. The first-order chi connectivity index (χ1) is 15.5. The van der Waals surface area contributed by atoms with Gasteiger partial charge in [0.1, 0.15) is 11.3 Å². The molecule has 0 saturated carbocycles. The monoisotopic (exact) mass is 463 g/mol. The van der Waals surface area contributed by atoms with Gasteiger partial charge in [-0.25, -0.2) is 4.79 Å². The van der Waals surface area contributed by atoms with Crippen LogP contribution in [-0.4, -0.2) is 65.3 Å². The van der Waals surface area contributed by atoms with Crippen LogP contribution >= 0.6 is 0 Å². The van der Waals surface area contributed by atoms with Crippen LogP contribution in [-0.2, 0) is 4.79 Å². The normalized spacial score (nSPS) is 11.1. The molecule has 0 aliphatic heterocycles. The van der Waals surface area contributed by atoms with Gasteiger partial charge in [0.05, 0.1) is 0 Å². The highest BCUT2D eigenvalue weighted by Gasteiger charge is 2.38. The molecular weight excluding hydrogens is 439 g/mol. The summed E-state index contributed by atoms with van der Waals surface area (Å²) in [6.07, 6.45) is -2.51. The number of fused-ring (bicyclic) bond motifs is 1. The van der Waals surface area contributed by atoms with Gasteiger partial charge in [-0.2, -0.15) is 13.2 Å². The highest BCUT2D eigenvalue weighted by molar-refractivity contribution is 5.95. The lowest BCUT2D eigenvalue weighted by Gasteiger charge is -2.10. The Morgan fingerprint density at radius 1 is 1.06 bits per heavy atom. The lowest BCUT2D eigenvalue weighted by atomic mass is 10.0. The molecule has 0 saturated heterocycles. The number of hydrogen-bond acceptors (Lipinski definition) is 5. The molecule has 0 fully saturated rings. The smallest absolute Gasteiger partial charge is 0.490 e. The van der Waals surface area contributed by atoms with Crippen molar-refractivity contribution in [3.05, 3.63) is 60.3 Å². The number of rotatable bonds is 6. The maximum atomic E-state index is 12.2. The van der Waals surface area contributed by atoms with Crippen molar-refractivity contribution in [2.75, 3.05) is 27.2 Å². The molecule has 1 amide bonds. The minimum Gasteiger partial charge on any atom is -0.506 e. The summed E-state index contributed by atoms with van der Waals surface area (Å²) in [5, 5.41) is 21.1. The molecule has 0 spiro atoms. The zero-order valence-corrected chi connectivity index (χ0v) is 18.1. The second kappa shape index (κ2) is 11.3. The van der Waals surface area contributed by atoms with Crippen molar-refractivity contribution in [2.24, 2.45) is 0 Å². The molecule has 3 aromatic rings. The Hall–Kier alpha value is -3.66. The third-order valence-electron chi connectivity index (χ3n) is 4.48. The number of phenols is 1. The van der Waals surface area contributed by atoms with Crippen LogP contribution in [0.2, 0.25) is 0 Å². The van der Waals surface area contributed by atoms with Crippen LogP contribution in [0.4, 0.5) is 13.2 Å². The van der Waals surface area contributed by atoms with Crippen LogP contribution in [0.1, 0.15) is 16.8 Å². The van der Waals surface area contributed by atoms with E-state index in [2.05, 4.69) is 15.2 Å². The first kappa shape index (κ1) is 25.6. The van der Waals surface area contributed by atoms with Crippen LogP contribution in [0.15, 0.2) is 54.7 Å². The number of halogens is 3. The van der Waals surface area contributed by atoms with E-state index in [4.69, 9.17) is 9.90 Å². The van der Waals surface area contributed by atoms with Crippen molar-refractivity contribution in [3.8, 4) is 16.9 Å². The molecule has 3 N–H and O–H groups in total. The number of aliphatic carboxylic acids is 1. The average Bonchev–Trinajstić information content (AvgIpc) is 2.76. The van der Waals surface area contributed by atoms with E-state index in [1.54, 1.807) is 24.4 Å². The topological polar surface area (TPSA) is 103 Å². The Balaban J connectivity index is 0.000000479. The molecule has 0 unspecified atom stereocenters. The van der Waals surface area contributed by atoms with E-state index in [0.29, 0.717) is 17.6 Å². The number of carbonyl (C=O) groups excluding carboxylic acids is 1. The number of carbonyl (C=O) groups is 2. The van der Waals surface area contributed by atoms with Crippen molar-refractivity contribution < 1.29 is 33.0 Å². The zero-order chi connectivity index (χ0) is 24.6. The lowest BCUT2D eigenvalue weighted by Crippen LogP contribution is -2.27. The predicted octanol–water partition coefficient (Wildman–Crippen LogP) is 3.92. The van der Waals surface area contributed by atoms with Crippen molar-refractivity contribution >= 4 is 22.8 Å². The molecule has 1 heterocycles. The number of aromatic nitrogens is 1. The summed E-state index contributed by atoms with van der Waals surface area (Å²) < 4.78 is 31.7. The third-order valence-corrected chi connectivity index (χ3v) is 4.48. The Morgan fingerprint density at radius 3 is 2.27 bits per heavy atom. The zero-order valence-electron chi connectivity index (χ0n) is 18.1. The van der Waals surface area contributed by atoms with E-state index in [1.165, 1.54) is 0 Å². The van der Waals surface area contributed by atoms with E-state index in [-0.39, 0.29) is 11.7 Å². The molecule has 7 nitrogen and oxygen atoms in total. The number of nitrogens with zero attached hydrogens (tertiary/aromatic N) is 2. The van der Waals surface area contributed by atoms with Gasteiger partial charge in [-0.05, 0) is 68.5 Å². The Labute approximate surface area is 188 Å². The number of pyridine rings is 1. The molecule has 0 aliphatic carbocycles. The van der Waals surface area contributed by atoms with Gasteiger partial charge in [0, 0.05) is 23.7 Å². The maximum absolute atomic E-state index is 12.2. The average molecular weight is 463 g/mol. The standard InChI is InChI=1S/C21H23N3O2.C2HF3O2/c1-24(2)12-4-11-23-21(26)16-8-6-15(7-9-16)18-13-17-5-3-10-22-20(17)19(25)14-18;3-2(4,5)1(6)7/h3,5-10,13-14,25H,4,11-12H2,1-2H3,(H,23,26);(H,6,7). The molecule has 33 heavy (non-hydrogen) atoms. The summed E-state index contributed by atoms with van der Waals surface area (Å²) in [6, 6.07) is 14.8. The third kappa shape index (κ3) is 7.76. The van der Waals surface area contributed by atoms with E-state index >= 15 is 0 Å². The molecule has 0 aliphatic rings. The Bertz CT molecular complexity index is 1100. The Morgan fingerprint density at radius 2 is 1.70 bits per heavy atom. The summed E-state index contributed by atoms with van der Waals surface area (Å²) >= 11 is 0. The van der Waals surface area contributed by atoms with Gasteiger partial charge < -0.3 is 20.4 Å². The van der Waals surface area contributed by atoms with Gasteiger partial charge in [-0.15, -0.1) is 0 Å². The van der Waals surface area contributed by atoms with Gasteiger partial charge in [0.15, 0.2) is 0 Å². The number of nitrogens with one attached hydrogen (secondary N) is 1. The number of hydrogen-bond donors (Lipinski definition) is 3. The molecule has 0 atom stereocenters. The van der Waals surface area contributed by atoms with Crippen LogP contribution in [0.5, 0.6) is 5.75 Å². The summed E-state index contributed by atoms with van der Waals surface area (Å²) in [6.45, 7) is 1.60. The molecular formula is C23H24F3N3O4. The fourth-order valence-electron chi connectivity index (χ4n) is 2.85. The van der Waals surface area contributed by atoms with Gasteiger partial charge in [0.2, 0.25) is 0 Å². The van der Waals surface area contributed by atoms with Crippen LogP contribution in [0.3, 0.4) is 0 Å². The number of benzene rings is 2. The van der Waals surface area contributed by atoms with Crippen LogP contribution in [0, 0.1) is 0 Å². The molecule has 10 heteroatoms. The molecule has 0 radical (unpaired) electrons. The van der Waals surface area contributed by atoms with E-state index in [0.717, 1.165) is 29.5 Å². The number of phenolic OH excluding ortho intramolecular Hbond substituents is 1. The largest absolute Gasteiger partial charge is 0.506 e. The second-order valence-corrected chi connectivity index (χ2v) is 7.36. The van der Waals surface area contributed by atoms with E-state index in [9.17, 15) is 23.1 Å². The van der Waals surface area contributed by atoms with Crippen molar-refractivity contribution in [3.63, 3.8) is 0 Å². The number of alkyl halides is 3. The predicted molar refractivity (Wildman–Crippen MR) is 118 cm³/mol. The maximum Gasteiger partial charge on any atom is 0.490 e. The fourth-order valence-corrected chi connectivity index (χ4v) is 2.85. The summed E-state index contributed by atoms with van der Waals surface area (Å²) in [4.78, 5) is 27.4. The first-order valence-electron chi connectivity index (χ1n) is 9.90. The lowest BCUT2D eigenvalue weighted by molar-refractivity contribution is -0.192. The van der Waals surface area contributed by atoms with Gasteiger partial charge >= 0.3 is 12.1 Å².